The standard InChI is InChI=1S/C22H22ClN7O2/c1-4-18(30-26-20(25-27-30)15-10-12-16(23)13-11-15)21(31)24-19-14(2)28(3)29(22(19)32)17-8-6-5-7-9-17/h5-13,18H,4H2,1-3H3,(H,24,31). The zero-order chi connectivity index (χ0) is 22.8. The van der Waals surface area contributed by atoms with Gasteiger partial charge in [-0.2, -0.15) is 4.80 Å². The van der Waals surface area contributed by atoms with Crippen LogP contribution in [0, 0.1) is 6.92 Å². The molecule has 0 aliphatic rings. The van der Waals surface area contributed by atoms with E-state index in [1.54, 1.807) is 42.9 Å². The maximum absolute atomic E-state index is 13.1. The highest BCUT2D eigenvalue weighted by atomic mass is 35.5. The number of rotatable bonds is 6. The van der Waals surface area contributed by atoms with Crippen molar-refractivity contribution in [3.8, 4) is 17.1 Å². The van der Waals surface area contributed by atoms with Crippen LogP contribution in [-0.4, -0.2) is 35.5 Å². The van der Waals surface area contributed by atoms with Crippen molar-refractivity contribution in [2.75, 3.05) is 5.32 Å². The van der Waals surface area contributed by atoms with Gasteiger partial charge in [0, 0.05) is 17.6 Å². The van der Waals surface area contributed by atoms with Crippen LogP contribution >= 0.6 is 11.6 Å². The number of nitrogens with zero attached hydrogens (tertiary/aromatic N) is 6. The third-order valence-corrected chi connectivity index (χ3v) is 5.55. The second-order valence-corrected chi connectivity index (χ2v) is 7.73. The Labute approximate surface area is 189 Å². The van der Waals surface area contributed by atoms with E-state index in [4.69, 9.17) is 11.6 Å². The van der Waals surface area contributed by atoms with Crippen molar-refractivity contribution in [2.45, 2.75) is 26.3 Å². The molecular weight excluding hydrogens is 430 g/mol. The predicted molar refractivity (Wildman–Crippen MR) is 122 cm³/mol. The number of aromatic nitrogens is 6. The number of benzene rings is 2. The molecule has 0 aliphatic heterocycles. The van der Waals surface area contributed by atoms with Crippen LogP contribution in [0.1, 0.15) is 25.1 Å². The largest absolute Gasteiger partial charge is 0.318 e. The lowest BCUT2D eigenvalue weighted by Gasteiger charge is -2.12. The Bertz CT molecular complexity index is 1310. The average Bonchev–Trinajstić information content (AvgIpc) is 3.35. The Morgan fingerprint density at radius 2 is 1.81 bits per heavy atom. The summed E-state index contributed by atoms with van der Waals surface area (Å²) in [5.74, 6) is -0.00573. The summed E-state index contributed by atoms with van der Waals surface area (Å²) in [4.78, 5) is 27.4. The van der Waals surface area contributed by atoms with Crippen LogP contribution in [0.5, 0.6) is 0 Å². The number of carbonyl (C=O) groups is 1. The summed E-state index contributed by atoms with van der Waals surface area (Å²) < 4.78 is 3.22. The van der Waals surface area contributed by atoms with Gasteiger partial charge in [0.25, 0.3) is 11.5 Å². The molecule has 1 amide bonds. The molecule has 9 nitrogen and oxygen atoms in total. The normalized spacial score (nSPS) is 12.0. The second kappa shape index (κ2) is 8.80. The predicted octanol–water partition coefficient (Wildman–Crippen LogP) is 3.38. The van der Waals surface area contributed by atoms with Crippen LogP contribution in [0.2, 0.25) is 5.02 Å². The van der Waals surface area contributed by atoms with E-state index >= 15 is 0 Å². The quantitative estimate of drug-likeness (QED) is 0.484. The van der Waals surface area contributed by atoms with Gasteiger partial charge in [-0.3, -0.25) is 14.3 Å². The first-order valence-electron chi connectivity index (χ1n) is 10.1. The molecule has 0 bridgehead atoms. The van der Waals surface area contributed by atoms with Crippen molar-refractivity contribution in [2.24, 2.45) is 7.05 Å². The van der Waals surface area contributed by atoms with Crippen LogP contribution in [0.4, 0.5) is 5.69 Å². The Morgan fingerprint density at radius 1 is 1.12 bits per heavy atom. The van der Waals surface area contributed by atoms with Crippen LogP contribution in [0.25, 0.3) is 17.1 Å². The SMILES string of the molecule is CCC(C(=O)Nc1c(C)n(C)n(-c2ccccc2)c1=O)n1nnc(-c2ccc(Cl)cc2)n1. The summed E-state index contributed by atoms with van der Waals surface area (Å²) in [5, 5.41) is 15.9. The Balaban J connectivity index is 1.61. The second-order valence-electron chi connectivity index (χ2n) is 7.29. The summed E-state index contributed by atoms with van der Waals surface area (Å²) in [6.07, 6.45) is 0.418. The molecule has 2 aromatic carbocycles. The van der Waals surface area contributed by atoms with Crippen molar-refractivity contribution in [3.63, 3.8) is 0 Å². The minimum Gasteiger partial charge on any atom is -0.318 e. The number of para-hydroxylation sites is 1. The van der Waals surface area contributed by atoms with Crippen molar-refractivity contribution in [1.29, 1.82) is 0 Å². The van der Waals surface area contributed by atoms with E-state index < -0.39 is 11.9 Å². The Kier molecular flexibility index (Phi) is 5.91. The number of halogens is 1. The molecule has 0 aliphatic carbocycles. The first-order valence-corrected chi connectivity index (χ1v) is 10.5. The first kappa shape index (κ1) is 21.5. The fourth-order valence-corrected chi connectivity index (χ4v) is 3.57. The summed E-state index contributed by atoms with van der Waals surface area (Å²) in [7, 11) is 1.77. The fourth-order valence-electron chi connectivity index (χ4n) is 3.44. The minimum absolute atomic E-state index is 0.220. The molecule has 2 heterocycles. The zero-order valence-corrected chi connectivity index (χ0v) is 18.6. The van der Waals surface area contributed by atoms with Crippen LogP contribution < -0.4 is 10.9 Å². The molecule has 1 unspecified atom stereocenters. The van der Waals surface area contributed by atoms with E-state index in [-0.39, 0.29) is 11.2 Å². The van der Waals surface area contributed by atoms with Gasteiger partial charge >= 0.3 is 0 Å². The highest BCUT2D eigenvalue weighted by Gasteiger charge is 2.25. The van der Waals surface area contributed by atoms with Crippen molar-refractivity contribution in [3.05, 3.63) is 75.7 Å². The smallest absolute Gasteiger partial charge is 0.295 e. The summed E-state index contributed by atoms with van der Waals surface area (Å²) in [6, 6.07) is 15.5. The molecule has 1 N–H and O–H groups in total. The van der Waals surface area contributed by atoms with E-state index in [0.29, 0.717) is 28.6 Å². The number of amides is 1. The molecule has 10 heteroatoms. The highest BCUT2D eigenvalue weighted by molar-refractivity contribution is 6.30. The lowest BCUT2D eigenvalue weighted by atomic mass is 10.2. The van der Waals surface area contributed by atoms with Gasteiger partial charge < -0.3 is 5.32 Å². The van der Waals surface area contributed by atoms with Crippen LogP contribution in [-0.2, 0) is 11.8 Å². The van der Waals surface area contributed by atoms with Gasteiger partial charge in [0.1, 0.15) is 5.69 Å². The number of nitrogens with one attached hydrogen (secondary N) is 1. The molecule has 1 atom stereocenters. The third kappa shape index (κ3) is 3.94. The zero-order valence-electron chi connectivity index (χ0n) is 17.9. The number of hydrogen-bond acceptors (Lipinski definition) is 5. The molecule has 0 fully saturated rings. The Hall–Kier alpha value is -3.72. The third-order valence-electron chi connectivity index (χ3n) is 5.30. The van der Waals surface area contributed by atoms with E-state index in [1.807, 2.05) is 37.3 Å². The average molecular weight is 452 g/mol. The summed E-state index contributed by atoms with van der Waals surface area (Å²) in [6.45, 7) is 3.62. The van der Waals surface area contributed by atoms with Gasteiger partial charge in [-0.15, -0.1) is 10.2 Å². The van der Waals surface area contributed by atoms with Crippen molar-refractivity contribution < 1.29 is 4.79 Å². The molecule has 0 spiro atoms. The first-order chi connectivity index (χ1) is 15.4. The molecule has 4 rings (SSSR count). The van der Waals surface area contributed by atoms with Gasteiger partial charge in [-0.25, -0.2) is 4.68 Å². The summed E-state index contributed by atoms with van der Waals surface area (Å²) in [5.41, 5.74) is 1.99. The monoisotopic (exact) mass is 451 g/mol. The number of tetrazole rings is 1. The molecule has 32 heavy (non-hydrogen) atoms. The highest BCUT2D eigenvalue weighted by Crippen LogP contribution is 2.20. The van der Waals surface area contributed by atoms with E-state index in [2.05, 4.69) is 20.7 Å². The number of carbonyl (C=O) groups excluding carboxylic acids is 1. The van der Waals surface area contributed by atoms with Gasteiger partial charge in [-0.1, -0.05) is 36.7 Å². The van der Waals surface area contributed by atoms with Crippen LogP contribution in [0.3, 0.4) is 0 Å². The van der Waals surface area contributed by atoms with E-state index in [0.717, 1.165) is 5.56 Å². The number of hydrogen-bond donors (Lipinski definition) is 1. The van der Waals surface area contributed by atoms with Gasteiger partial charge in [-0.05, 0) is 55.0 Å². The summed E-state index contributed by atoms with van der Waals surface area (Å²) >= 11 is 5.93. The molecule has 0 saturated heterocycles. The van der Waals surface area contributed by atoms with Gasteiger partial charge in [0.05, 0.1) is 11.4 Å². The minimum atomic E-state index is -0.729. The Morgan fingerprint density at radius 3 is 2.47 bits per heavy atom. The van der Waals surface area contributed by atoms with Crippen LogP contribution in [0.15, 0.2) is 59.4 Å². The molecule has 0 radical (unpaired) electrons. The number of anilines is 1. The van der Waals surface area contributed by atoms with Crippen molar-refractivity contribution >= 4 is 23.2 Å². The molecule has 0 saturated carbocycles. The van der Waals surface area contributed by atoms with Crippen molar-refractivity contribution in [1.82, 2.24) is 29.6 Å². The van der Waals surface area contributed by atoms with E-state index in [1.165, 1.54) is 9.48 Å². The molecule has 2 aromatic heterocycles. The molecular formula is C22H22ClN7O2. The fraction of sp³-hybridized carbons (Fsp3) is 0.227. The lowest BCUT2D eigenvalue weighted by molar-refractivity contribution is -0.120. The molecule has 164 valence electrons. The lowest BCUT2D eigenvalue weighted by Crippen LogP contribution is -2.30. The maximum Gasteiger partial charge on any atom is 0.295 e. The van der Waals surface area contributed by atoms with E-state index in [9.17, 15) is 9.59 Å². The van der Waals surface area contributed by atoms with Gasteiger partial charge in [0.2, 0.25) is 5.82 Å². The molecule has 4 aromatic rings. The maximum atomic E-state index is 13.1. The van der Waals surface area contributed by atoms with Gasteiger partial charge in [0.15, 0.2) is 6.04 Å². The topological polar surface area (TPSA) is 99.6 Å².